The summed E-state index contributed by atoms with van der Waals surface area (Å²) in [6.45, 7) is 7.13. The molecule has 60 valence electrons. The molecule has 0 saturated carbocycles. The van der Waals surface area contributed by atoms with E-state index in [-0.39, 0.29) is 0 Å². The predicted octanol–water partition coefficient (Wildman–Crippen LogP) is 2.39. The molecule has 0 aromatic carbocycles. The largest absolute Gasteiger partial charge is 0.385 e. The third kappa shape index (κ3) is 2.26. The summed E-state index contributed by atoms with van der Waals surface area (Å²) in [4.78, 5) is 0. The second-order valence-electron chi connectivity index (χ2n) is 2.73. The molecule has 11 heavy (non-hydrogen) atoms. The van der Waals surface area contributed by atoms with E-state index in [0.29, 0.717) is 0 Å². The van der Waals surface area contributed by atoms with Crippen molar-refractivity contribution in [2.75, 3.05) is 6.54 Å². The summed E-state index contributed by atoms with van der Waals surface area (Å²) < 4.78 is 0. The number of nitrogens with one attached hydrogen (secondary N) is 1. The van der Waals surface area contributed by atoms with Gasteiger partial charge in [0.1, 0.15) is 0 Å². The Kier molecular flexibility index (Phi) is 2.96. The zero-order valence-electron chi connectivity index (χ0n) is 7.06. The van der Waals surface area contributed by atoms with Gasteiger partial charge in [0, 0.05) is 12.2 Å². The molecule has 0 radical (unpaired) electrons. The molecule has 0 amide bonds. The highest BCUT2D eigenvalue weighted by atomic mass is 14.9. The van der Waals surface area contributed by atoms with Crippen LogP contribution in [0.25, 0.3) is 0 Å². The average Bonchev–Trinajstić information content (AvgIpc) is 2.52. The van der Waals surface area contributed by atoms with Gasteiger partial charge in [0.25, 0.3) is 0 Å². The van der Waals surface area contributed by atoms with Crippen LogP contribution in [0.3, 0.4) is 0 Å². The molecular formula is C10H15N. The van der Waals surface area contributed by atoms with Crippen LogP contribution in [0.4, 0.5) is 0 Å². The lowest BCUT2D eigenvalue weighted by Crippen LogP contribution is -2.14. The Hall–Kier alpha value is -0.980. The summed E-state index contributed by atoms with van der Waals surface area (Å²) in [7, 11) is 0. The summed E-state index contributed by atoms with van der Waals surface area (Å²) in [5.41, 5.74) is 2.40. The SMILES string of the molecule is C=C(NCCC)C1=CC=CC1. The monoisotopic (exact) mass is 149 g/mol. The van der Waals surface area contributed by atoms with Crippen LogP contribution < -0.4 is 5.32 Å². The Labute approximate surface area is 68.5 Å². The van der Waals surface area contributed by atoms with Gasteiger partial charge in [0.2, 0.25) is 0 Å². The first-order valence-electron chi connectivity index (χ1n) is 4.13. The number of rotatable bonds is 4. The first-order valence-corrected chi connectivity index (χ1v) is 4.13. The Morgan fingerprint density at radius 3 is 3.09 bits per heavy atom. The number of hydrogen-bond acceptors (Lipinski definition) is 1. The van der Waals surface area contributed by atoms with Crippen LogP contribution in [0.15, 0.2) is 36.1 Å². The van der Waals surface area contributed by atoms with Crippen LogP contribution in [0, 0.1) is 0 Å². The fraction of sp³-hybridized carbons (Fsp3) is 0.400. The molecule has 1 heteroatoms. The van der Waals surface area contributed by atoms with Crippen LogP contribution in [-0.2, 0) is 0 Å². The summed E-state index contributed by atoms with van der Waals surface area (Å²) in [5.74, 6) is 0. The summed E-state index contributed by atoms with van der Waals surface area (Å²) in [5, 5.41) is 3.27. The molecule has 0 bridgehead atoms. The van der Waals surface area contributed by atoms with Crippen LogP contribution in [0.1, 0.15) is 19.8 Å². The van der Waals surface area contributed by atoms with Crippen molar-refractivity contribution in [1.82, 2.24) is 5.32 Å². The lowest BCUT2D eigenvalue weighted by Gasteiger charge is -2.08. The lowest BCUT2D eigenvalue weighted by molar-refractivity contribution is 0.775. The molecule has 0 fully saturated rings. The Balaban J connectivity index is 2.31. The van der Waals surface area contributed by atoms with Crippen molar-refractivity contribution in [3.63, 3.8) is 0 Å². The third-order valence-electron chi connectivity index (χ3n) is 1.75. The topological polar surface area (TPSA) is 12.0 Å². The molecule has 0 aromatic rings. The van der Waals surface area contributed by atoms with Gasteiger partial charge >= 0.3 is 0 Å². The highest BCUT2D eigenvalue weighted by Gasteiger charge is 2.01. The summed E-state index contributed by atoms with van der Waals surface area (Å²) >= 11 is 0. The van der Waals surface area contributed by atoms with Gasteiger partial charge in [0.05, 0.1) is 0 Å². The maximum Gasteiger partial charge on any atom is 0.0302 e. The van der Waals surface area contributed by atoms with E-state index >= 15 is 0 Å². The van der Waals surface area contributed by atoms with Crippen molar-refractivity contribution in [2.24, 2.45) is 0 Å². The maximum atomic E-state index is 3.95. The highest BCUT2D eigenvalue weighted by molar-refractivity contribution is 5.36. The Morgan fingerprint density at radius 2 is 2.55 bits per heavy atom. The average molecular weight is 149 g/mol. The van der Waals surface area contributed by atoms with Gasteiger partial charge in [0.15, 0.2) is 0 Å². The smallest absolute Gasteiger partial charge is 0.0302 e. The molecule has 1 aliphatic rings. The van der Waals surface area contributed by atoms with Gasteiger partial charge in [-0.2, -0.15) is 0 Å². The van der Waals surface area contributed by atoms with E-state index in [0.717, 1.165) is 25.1 Å². The van der Waals surface area contributed by atoms with Gasteiger partial charge < -0.3 is 5.32 Å². The highest BCUT2D eigenvalue weighted by Crippen LogP contribution is 2.15. The van der Waals surface area contributed by atoms with Gasteiger partial charge in [-0.3, -0.25) is 0 Å². The molecule has 0 spiro atoms. The van der Waals surface area contributed by atoms with Crippen LogP contribution in [0.2, 0.25) is 0 Å². The number of allylic oxidation sites excluding steroid dienone is 4. The Morgan fingerprint density at radius 1 is 1.73 bits per heavy atom. The molecule has 1 aliphatic carbocycles. The molecule has 1 rings (SSSR count). The molecule has 1 N–H and O–H groups in total. The normalized spacial score (nSPS) is 14.8. The van der Waals surface area contributed by atoms with E-state index in [1.807, 2.05) is 0 Å². The number of hydrogen-bond donors (Lipinski definition) is 1. The quantitative estimate of drug-likeness (QED) is 0.647. The zero-order valence-corrected chi connectivity index (χ0v) is 7.06. The van der Waals surface area contributed by atoms with E-state index in [4.69, 9.17) is 0 Å². The first kappa shape index (κ1) is 8.12. The standard InChI is InChI=1S/C10H15N/c1-3-8-11-9(2)10-6-4-5-7-10/h4-6,11H,2-3,7-8H2,1H3. The van der Waals surface area contributed by atoms with E-state index in [9.17, 15) is 0 Å². The first-order chi connectivity index (χ1) is 5.34. The van der Waals surface area contributed by atoms with E-state index in [1.165, 1.54) is 5.57 Å². The van der Waals surface area contributed by atoms with Crippen molar-refractivity contribution >= 4 is 0 Å². The molecule has 0 aromatic heterocycles. The van der Waals surface area contributed by atoms with Crippen molar-refractivity contribution in [1.29, 1.82) is 0 Å². The van der Waals surface area contributed by atoms with Gasteiger partial charge in [-0.25, -0.2) is 0 Å². The minimum absolute atomic E-state index is 1.02. The molecule has 0 heterocycles. The van der Waals surface area contributed by atoms with Crippen LogP contribution >= 0.6 is 0 Å². The Bertz CT molecular complexity index is 199. The van der Waals surface area contributed by atoms with Crippen molar-refractivity contribution in [3.8, 4) is 0 Å². The van der Waals surface area contributed by atoms with Gasteiger partial charge in [-0.05, 0) is 18.4 Å². The fourth-order valence-corrected chi connectivity index (χ4v) is 1.06. The minimum atomic E-state index is 1.02. The zero-order chi connectivity index (χ0) is 8.10. The lowest BCUT2D eigenvalue weighted by atomic mass is 10.2. The van der Waals surface area contributed by atoms with Crippen molar-refractivity contribution in [3.05, 3.63) is 36.1 Å². The molecule has 0 saturated heterocycles. The van der Waals surface area contributed by atoms with E-state index in [1.54, 1.807) is 0 Å². The van der Waals surface area contributed by atoms with Crippen LogP contribution in [0.5, 0.6) is 0 Å². The summed E-state index contributed by atoms with van der Waals surface area (Å²) in [6, 6.07) is 0. The maximum absolute atomic E-state index is 3.95. The minimum Gasteiger partial charge on any atom is -0.385 e. The molecule has 0 unspecified atom stereocenters. The molecule has 0 atom stereocenters. The predicted molar refractivity (Wildman–Crippen MR) is 49.3 cm³/mol. The van der Waals surface area contributed by atoms with E-state index in [2.05, 4.69) is 37.0 Å². The van der Waals surface area contributed by atoms with Gasteiger partial charge in [-0.1, -0.05) is 31.7 Å². The summed E-state index contributed by atoms with van der Waals surface area (Å²) in [6.07, 6.45) is 8.53. The molecule has 1 nitrogen and oxygen atoms in total. The molecule has 0 aliphatic heterocycles. The fourth-order valence-electron chi connectivity index (χ4n) is 1.06. The van der Waals surface area contributed by atoms with Crippen molar-refractivity contribution in [2.45, 2.75) is 19.8 Å². The third-order valence-corrected chi connectivity index (χ3v) is 1.75. The van der Waals surface area contributed by atoms with Gasteiger partial charge in [-0.15, -0.1) is 0 Å². The van der Waals surface area contributed by atoms with Crippen molar-refractivity contribution < 1.29 is 0 Å². The second kappa shape index (κ2) is 4.02. The second-order valence-corrected chi connectivity index (χ2v) is 2.73. The molecular weight excluding hydrogens is 134 g/mol. The van der Waals surface area contributed by atoms with E-state index < -0.39 is 0 Å². The van der Waals surface area contributed by atoms with Crippen LogP contribution in [-0.4, -0.2) is 6.54 Å².